The Balaban J connectivity index is 1.87. The van der Waals surface area contributed by atoms with Gasteiger partial charge in [0.05, 0.1) is 6.61 Å². The molecule has 0 aliphatic heterocycles. The molecule has 0 spiro atoms. The summed E-state index contributed by atoms with van der Waals surface area (Å²) in [6.45, 7) is 6.66. The molecule has 7 nitrogen and oxygen atoms in total. The molecule has 3 N–H and O–H groups in total. The SMILES string of the molecule is CCCCC(=O)Nc1ccc(C(=O)NNC(=O)c2cccc(OCC(C)C)c2)cc1. The van der Waals surface area contributed by atoms with E-state index in [9.17, 15) is 14.4 Å². The number of benzene rings is 2. The van der Waals surface area contributed by atoms with Crippen LogP contribution in [0.25, 0.3) is 0 Å². The summed E-state index contributed by atoms with van der Waals surface area (Å²) >= 11 is 0. The van der Waals surface area contributed by atoms with Gasteiger partial charge >= 0.3 is 0 Å². The molecule has 0 aliphatic carbocycles. The fourth-order valence-electron chi connectivity index (χ4n) is 2.51. The Labute approximate surface area is 177 Å². The smallest absolute Gasteiger partial charge is 0.269 e. The van der Waals surface area contributed by atoms with Crippen molar-refractivity contribution in [3.05, 3.63) is 59.7 Å². The highest BCUT2D eigenvalue weighted by Crippen LogP contribution is 2.14. The predicted molar refractivity (Wildman–Crippen MR) is 116 cm³/mol. The van der Waals surface area contributed by atoms with Crippen molar-refractivity contribution in [2.45, 2.75) is 40.0 Å². The van der Waals surface area contributed by atoms with Crippen LogP contribution in [0.2, 0.25) is 0 Å². The van der Waals surface area contributed by atoms with Gasteiger partial charge in [-0.2, -0.15) is 0 Å². The first-order chi connectivity index (χ1) is 14.4. The van der Waals surface area contributed by atoms with E-state index >= 15 is 0 Å². The molecule has 0 atom stereocenters. The number of carbonyl (C=O) groups is 3. The molecule has 0 heterocycles. The van der Waals surface area contributed by atoms with Gasteiger partial charge in [0.25, 0.3) is 11.8 Å². The molecule has 0 aliphatic rings. The van der Waals surface area contributed by atoms with Gasteiger partial charge in [-0.15, -0.1) is 0 Å². The van der Waals surface area contributed by atoms with E-state index in [4.69, 9.17) is 4.74 Å². The van der Waals surface area contributed by atoms with E-state index in [1.54, 1.807) is 48.5 Å². The maximum atomic E-state index is 12.3. The van der Waals surface area contributed by atoms with Gasteiger partial charge < -0.3 is 10.1 Å². The number of unbranched alkanes of at least 4 members (excludes halogenated alkanes) is 1. The van der Waals surface area contributed by atoms with E-state index in [1.807, 2.05) is 20.8 Å². The average molecular weight is 412 g/mol. The number of hydrazine groups is 1. The number of nitrogens with one attached hydrogen (secondary N) is 3. The zero-order valence-corrected chi connectivity index (χ0v) is 17.7. The van der Waals surface area contributed by atoms with Crippen LogP contribution in [-0.4, -0.2) is 24.3 Å². The Morgan fingerprint density at radius 2 is 1.60 bits per heavy atom. The van der Waals surface area contributed by atoms with E-state index in [0.717, 1.165) is 12.8 Å². The van der Waals surface area contributed by atoms with Gasteiger partial charge in [-0.3, -0.25) is 25.2 Å². The van der Waals surface area contributed by atoms with E-state index in [2.05, 4.69) is 16.2 Å². The minimum Gasteiger partial charge on any atom is -0.493 e. The van der Waals surface area contributed by atoms with Crippen molar-refractivity contribution in [3.63, 3.8) is 0 Å². The lowest BCUT2D eigenvalue weighted by Gasteiger charge is -2.11. The fourth-order valence-corrected chi connectivity index (χ4v) is 2.51. The molecule has 0 fully saturated rings. The number of amides is 3. The monoisotopic (exact) mass is 411 g/mol. The van der Waals surface area contributed by atoms with Crippen molar-refractivity contribution < 1.29 is 19.1 Å². The van der Waals surface area contributed by atoms with Crippen molar-refractivity contribution in [2.24, 2.45) is 5.92 Å². The highest BCUT2D eigenvalue weighted by Gasteiger charge is 2.11. The zero-order chi connectivity index (χ0) is 21.9. The quantitative estimate of drug-likeness (QED) is 0.545. The van der Waals surface area contributed by atoms with Crippen LogP contribution in [-0.2, 0) is 4.79 Å². The topological polar surface area (TPSA) is 96.5 Å². The van der Waals surface area contributed by atoms with Crippen LogP contribution in [0, 0.1) is 5.92 Å². The Kier molecular flexibility index (Phi) is 8.87. The van der Waals surface area contributed by atoms with E-state index in [-0.39, 0.29) is 5.91 Å². The summed E-state index contributed by atoms with van der Waals surface area (Å²) < 4.78 is 5.62. The maximum absolute atomic E-state index is 12.3. The predicted octanol–water partition coefficient (Wildman–Crippen LogP) is 3.92. The summed E-state index contributed by atoms with van der Waals surface area (Å²) in [5.41, 5.74) is 6.14. The number of ether oxygens (including phenoxy) is 1. The van der Waals surface area contributed by atoms with Crippen molar-refractivity contribution in [3.8, 4) is 5.75 Å². The van der Waals surface area contributed by atoms with Crippen molar-refractivity contribution in [1.82, 2.24) is 10.9 Å². The normalized spacial score (nSPS) is 10.4. The van der Waals surface area contributed by atoms with Crippen molar-refractivity contribution >= 4 is 23.4 Å². The minimum atomic E-state index is -0.459. The molecule has 0 saturated heterocycles. The Hall–Kier alpha value is -3.35. The minimum absolute atomic E-state index is 0.0547. The highest BCUT2D eigenvalue weighted by atomic mass is 16.5. The van der Waals surface area contributed by atoms with Gasteiger partial charge in [-0.1, -0.05) is 33.3 Å². The molecule has 0 radical (unpaired) electrons. The Morgan fingerprint density at radius 1 is 0.933 bits per heavy atom. The average Bonchev–Trinajstić information content (AvgIpc) is 2.75. The van der Waals surface area contributed by atoms with Crippen molar-refractivity contribution in [1.29, 1.82) is 0 Å². The molecule has 7 heteroatoms. The highest BCUT2D eigenvalue weighted by molar-refractivity contribution is 5.99. The van der Waals surface area contributed by atoms with E-state index in [0.29, 0.717) is 41.5 Å². The number of hydrogen-bond acceptors (Lipinski definition) is 4. The van der Waals surface area contributed by atoms with Gasteiger partial charge in [-0.25, -0.2) is 0 Å². The number of rotatable bonds is 9. The largest absolute Gasteiger partial charge is 0.493 e. The molecule has 0 bridgehead atoms. The zero-order valence-electron chi connectivity index (χ0n) is 17.7. The number of carbonyl (C=O) groups excluding carboxylic acids is 3. The third-order valence-electron chi connectivity index (χ3n) is 4.16. The molecule has 2 rings (SSSR count). The molecule has 0 aromatic heterocycles. The van der Waals surface area contributed by atoms with Gasteiger partial charge in [0.1, 0.15) is 5.75 Å². The second kappa shape index (κ2) is 11.6. The summed E-state index contributed by atoms with van der Waals surface area (Å²) in [5, 5.41) is 2.78. The first-order valence-corrected chi connectivity index (χ1v) is 10.1. The van der Waals surface area contributed by atoms with Gasteiger partial charge in [0.2, 0.25) is 5.91 Å². The third-order valence-corrected chi connectivity index (χ3v) is 4.16. The summed E-state index contributed by atoms with van der Waals surface area (Å²) in [4.78, 5) is 36.3. The molecule has 160 valence electrons. The van der Waals surface area contributed by atoms with Crippen LogP contribution in [0.4, 0.5) is 5.69 Å². The van der Waals surface area contributed by atoms with Crippen LogP contribution in [0.1, 0.15) is 60.7 Å². The lowest BCUT2D eigenvalue weighted by molar-refractivity contribution is -0.116. The van der Waals surface area contributed by atoms with Crippen LogP contribution in [0.5, 0.6) is 5.75 Å². The Bertz CT molecular complexity index is 863. The standard InChI is InChI=1S/C23H29N3O4/c1-4-5-9-21(27)24-19-12-10-17(11-13-19)22(28)25-26-23(29)18-7-6-8-20(14-18)30-15-16(2)3/h6-8,10-14,16H,4-5,9,15H2,1-3H3,(H,24,27)(H,25,28)(H,26,29). The van der Waals surface area contributed by atoms with E-state index in [1.165, 1.54) is 0 Å². The lowest BCUT2D eigenvalue weighted by atomic mass is 10.2. The van der Waals surface area contributed by atoms with Crippen LogP contribution in [0.15, 0.2) is 48.5 Å². The third kappa shape index (κ3) is 7.58. The summed E-state index contributed by atoms with van der Waals surface area (Å²) in [6, 6.07) is 13.2. The first-order valence-electron chi connectivity index (χ1n) is 10.1. The number of hydrogen-bond donors (Lipinski definition) is 3. The van der Waals surface area contributed by atoms with Crippen LogP contribution >= 0.6 is 0 Å². The summed E-state index contributed by atoms with van der Waals surface area (Å²) in [5.74, 6) is 0.00978. The van der Waals surface area contributed by atoms with Gasteiger partial charge in [0, 0.05) is 23.2 Å². The van der Waals surface area contributed by atoms with E-state index < -0.39 is 11.8 Å². The molecular formula is C23H29N3O4. The van der Waals surface area contributed by atoms with Gasteiger partial charge in [0.15, 0.2) is 0 Å². The maximum Gasteiger partial charge on any atom is 0.269 e. The van der Waals surface area contributed by atoms with Crippen LogP contribution < -0.4 is 20.9 Å². The summed E-state index contributed by atoms with van der Waals surface area (Å²) in [7, 11) is 0. The molecular weight excluding hydrogens is 382 g/mol. The molecule has 2 aromatic rings. The molecule has 0 unspecified atom stereocenters. The van der Waals surface area contributed by atoms with Gasteiger partial charge in [-0.05, 0) is 54.8 Å². The fraction of sp³-hybridized carbons (Fsp3) is 0.348. The Morgan fingerprint density at radius 3 is 2.23 bits per heavy atom. The molecule has 30 heavy (non-hydrogen) atoms. The number of anilines is 1. The summed E-state index contributed by atoms with van der Waals surface area (Å²) in [6.07, 6.45) is 2.25. The lowest BCUT2D eigenvalue weighted by Crippen LogP contribution is -2.41. The second-order valence-corrected chi connectivity index (χ2v) is 7.37. The second-order valence-electron chi connectivity index (χ2n) is 7.37. The first kappa shape index (κ1) is 22.9. The van der Waals surface area contributed by atoms with Crippen molar-refractivity contribution in [2.75, 3.05) is 11.9 Å². The molecule has 3 amide bonds. The van der Waals surface area contributed by atoms with Crippen LogP contribution in [0.3, 0.4) is 0 Å². The molecule has 0 saturated carbocycles. The molecule has 2 aromatic carbocycles.